The first-order valence-electron chi connectivity index (χ1n) is 7.00. The maximum atomic E-state index is 11.8. The van der Waals surface area contributed by atoms with Crippen LogP contribution in [0.15, 0.2) is 18.2 Å². The van der Waals surface area contributed by atoms with Gasteiger partial charge in [-0.15, -0.1) is 0 Å². The average Bonchev–Trinajstić information content (AvgIpc) is 2.94. The molecule has 1 aromatic rings. The van der Waals surface area contributed by atoms with Crippen molar-refractivity contribution in [3.63, 3.8) is 0 Å². The van der Waals surface area contributed by atoms with Crippen LogP contribution in [0.5, 0.6) is 11.5 Å². The molecule has 7 heteroatoms. The van der Waals surface area contributed by atoms with Gasteiger partial charge in [0.1, 0.15) is 0 Å². The van der Waals surface area contributed by atoms with E-state index < -0.39 is 0 Å². The predicted molar refractivity (Wildman–Crippen MR) is 78.5 cm³/mol. The number of hydrogen-bond donors (Lipinski definition) is 1. The fourth-order valence-electron chi connectivity index (χ4n) is 2.06. The van der Waals surface area contributed by atoms with E-state index in [4.69, 9.17) is 14.2 Å². The third kappa shape index (κ3) is 4.36. The van der Waals surface area contributed by atoms with Gasteiger partial charge < -0.3 is 24.4 Å². The maximum absolute atomic E-state index is 11.8. The van der Waals surface area contributed by atoms with Crippen molar-refractivity contribution in [2.45, 2.75) is 13.5 Å². The van der Waals surface area contributed by atoms with E-state index in [0.717, 1.165) is 5.56 Å². The van der Waals surface area contributed by atoms with Crippen molar-refractivity contribution in [3.05, 3.63) is 23.8 Å². The molecule has 1 aromatic carbocycles. The molecule has 2 amide bonds. The molecule has 120 valence electrons. The average molecular weight is 308 g/mol. The molecule has 1 heterocycles. The van der Waals surface area contributed by atoms with Crippen LogP contribution < -0.4 is 14.8 Å². The number of hydrogen-bond acceptors (Lipinski definition) is 5. The zero-order valence-corrected chi connectivity index (χ0v) is 12.8. The van der Waals surface area contributed by atoms with Gasteiger partial charge in [-0.25, -0.2) is 0 Å². The van der Waals surface area contributed by atoms with Crippen LogP contribution in [0.4, 0.5) is 0 Å². The minimum absolute atomic E-state index is 0.00743. The Kier molecular flexibility index (Phi) is 5.60. The van der Waals surface area contributed by atoms with Crippen molar-refractivity contribution in [3.8, 4) is 11.5 Å². The summed E-state index contributed by atoms with van der Waals surface area (Å²) >= 11 is 0. The molecule has 1 aliphatic rings. The van der Waals surface area contributed by atoms with E-state index in [1.807, 2.05) is 12.1 Å². The quantitative estimate of drug-likeness (QED) is 0.743. The van der Waals surface area contributed by atoms with E-state index in [-0.39, 0.29) is 25.2 Å². The Balaban J connectivity index is 1.94. The smallest absolute Gasteiger partial charge is 0.239 e. The van der Waals surface area contributed by atoms with Crippen molar-refractivity contribution < 1.29 is 23.8 Å². The molecule has 2 rings (SSSR count). The number of nitrogens with zero attached hydrogens (tertiary/aromatic N) is 1. The Morgan fingerprint density at radius 2 is 2.09 bits per heavy atom. The van der Waals surface area contributed by atoms with E-state index in [1.54, 1.807) is 13.2 Å². The van der Waals surface area contributed by atoms with Crippen LogP contribution in [0.3, 0.4) is 0 Å². The molecular formula is C15H20N2O5. The Morgan fingerprint density at radius 1 is 1.32 bits per heavy atom. The van der Waals surface area contributed by atoms with E-state index in [2.05, 4.69) is 5.32 Å². The Bertz CT molecular complexity index is 547. The molecule has 0 bridgehead atoms. The highest BCUT2D eigenvalue weighted by Crippen LogP contribution is 2.32. The van der Waals surface area contributed by atoms with Crippen LogP contribution in [0.2, 0.25) is 0 Å². The summed E-state index contributed by atoms with van der Waals surface area (Å²) < 4.78 is 15.4. The van der Waals surface area contributed by atoms with Crippen LogP contribution in [0, 0.1) is 0 Å². The molecule has 1 N–H and O–H groups in total. The van der Waals surface area contributed by atoms with Gasteiger partial charge in [-0.3, -0.25) is 9.59 Å². The third-order valence-corrected chi connectivity index (χ3v) is 3.22. The van der Waals surface area contributed by atoms with E-state index in [0.29, 0.717) is 31.2 Å². The van der Waals surface area contributed by atoms with Crippen molar-refractivity contribution in [2.24, 2.45) is 0 Å². The van der Waals surface area contributed by atoms with E-state index in [1.165, 1.54) is 11.8 Å². The molecule has 22 heavy (non-hydrogen) atoms. The molecule has 0 saturated carbocycles. The lowest BCUT2D eigenvalue weighted by molar-refractivity contribution is -0.135. The molecule has 0 aliphatic carbocycles. The minimum atomic E-state index is -0.215. The molecule has 0 fully saturated rings. The summed E-state index contributed by atoms with van der Waals surface area (Å²) in [5, 5.41) is 2.69. The fourth-order valence-corrected chi connectivity index (χ4v) is 2.06. The maximum Gasteiger partial charge on any atom is 0.239 e. The summed E-state index contributed by atoms with van der Waals surface area (Å²) in [7, 11) is 1.56. The van der Waals surface area contributed by atoms with Gasteiger partial charge in [-0.05, 0) is 17.7 Å². The first-order valence-corrected chi connectivity index (χ1v) is 7.00. The number of nitrogens with one attached hydrogen (secondary N) is 1. The van der Waals surface area contributed by atoms with E-state index in [9.17, 15) is 9.59 Å². The number of carbonyl (C=O) groups excluding carboxylic acids is 2. The summed E-state index contributed by atoms with van der Waals surface area (Å²) in [5.41, 5.74) is 0.879. The number of methoxy groups -OCH3 is 1. The molecule has 0 atom stereocenters. The highest BCUT2D eigenvalue weighted by atomic mass is 16.7. The molecule has 1 aliphatic heterocycles. The minimum Gasteiger partial charge on any atom is -0.454 e. The molecule has 0 unspecified atom stereocenters. The fraction of sp³-hybridized carbons (Fsp3) is 0.467. The summed E-state index contributed by atoms with van der Waals surface area (Å²) in [4.78, 5) is 25.0. The highest BCUT2D eigenvalue weighted by Gasteiger charge is 2.17. The van der Waals surface area contributed by atoms with Crippen LogP contribution in [-0.2, 0) is 20.9 Å². The first kappa shape index (κ1) is 16.1. The molecule has 7 nitrogen and oxygen atoms in total. The van der Waals surface area contributed by atoms with Crippen molar-refractivity contribution in [1.29, 1.82) is 0 Å². The third-order valence-electron chi connectivity index (χ3n) is 3.22. The van der Waals surface area contributed by atoms with Gasteiger partial charge >= 0.3 is 0 Å². The largest absolute Gasteiger partial charge is 0.454 e. The first-order chi connectivity index (χ1) is 10.6. The second-order valence-corrected chi connectivity index (χ2v) is 4.91. The highest BCUT2D eigenvalue weighted by molar-refractivity contribution is 5.83. The van der Waals surface area contributed by atoms with Crippen LogP contribution in [0.1, 0.15) is 12.5 Å². The number of amides is 2. The van der Waals surface area contributed by atoms with Gasteiger partial charge in [0, 0.05) is 27.1 Å². The Labute approximate surface area is 129 Å². The zero-order chi connectivity index (χ0) is 15.9. The van der Waals surface area contributed by atoms with Gasteiger partial charge in [0.2, 0.25) is 18.6 Å². The monoisotopic (exact) mass is 308 g/mol. The van der Waals surface area contributed by atoms with Gasteiger partial charge in [-0.1, -0.05) is 6.07 Å². The Morgan fingerprint density at radius 3 is 2.82 bits per heavy atom. The van der Waals surface area contributed by atoms with Crippen molar-refractivity contribution in [2.75, 3.05) is 33.6 Å². The number of ether oxygens (including phenoxy) is 3. The number of fused-ring (bicyclic) bond motifs is 1. The summed E-state index contributed by atoms with van der Waals surface area (Å²) in [6.45, 7) is 2.85. The SMILES string of the molecule is COCCNC(=O)CN(Cc1ccc2c(c1)OCO2)C(C)=O. The topological polar surface area (TPSA) is 77.1 Å². The zero-order valence-electron chi connectivity index (χ0n) is 12.8. The second-order valence-electron chi connectivity index (χ2n) is 4.91. The molecule has 0 aromatic heterocycles. The Hall–Kier alpha value is -2.28. The molecule has 0 saturated heterocycles. The van der Waals surface area contributed by atoms with Crippen molar-refractivity contribution in [1.82, 2.24) is 10.2 Å². The second kappa shape index (κ2) is 7.65. The van der Waals surface area contributed by atoms with E-state index >= 15 is 0 Å². The van der Waals surface area contributed by atoms with Gasteiger partial charge in [0.25, 0.3) is 0 Å². The van der Waals surface area contributed by atoms with Crippen molar-refractivity contribution >= 4 is 11.8 Å². The number of benzene rings is 1. The summed E-state index contributed by atoms with van der Waals surface area (Å²) in [6, 6.07) is 5.47. The molecule has 0 radical (unpaired) electrons. The lowest BCUT2D eigenvalue weighted by Crippen LogP contribution is -2.40. The predicted octanol–water partition coefficient (Wildman–Crippen LogP) is 0.526. The van der Waals surface area contributed by atoms with Crippen LogP contribution in [-0.4, -0.2) is 50.3 Å². The number of rotatable bonds is 7. The number of carbonyl (C=O) groups is 2. The lowest BCUT2D eigenvalue weighted by Gasteiger charge is -2.20. The van der Waals surface area contributed by atoms with Gasteiger partial charge in [0.15, 0.2) is 11.5 Å². The van der Waals surface area contributed by atoms with Crippen LogP contribution in [0.25, 0.3) is 0 Å². The summed E-state index contributed by atoms with van der Waals surface area (Å²) in [5.74, 6) is 0.966. The molecule has 0 spiro atoms. The van der Waals surface area contributed by atoms with Gasteiger partial charge in [0.05, 0.1) is 13.2 Å². The lowest BCUT2D eigenvalue weighted by atomic mass is 10.2. The standard InChI is InChI=1S/C15H20N2O5/c1-11(18)17(9-15(19)16-5-6-20-2)8-12-3-4-13-14(7-12)22-10-21-13/h3-4,7H,5-6,8-10H2,1-2H3,(H,16,19). The van der Waals surface area contributed by atoms with Crippen LogP contribution >= 0.6 is 0 Å². The normalized spacial score (nSPS) is 12.1. The molecular weight excluding hydrogens is 288 g/mol. The summed E-state index contributed by atoms with van der Waals surface area (Å²) in [6.07, 6.45) is 0. The van der Waals surface area contributed by atoms with Gasteiger partial charge in [-0.2, -0.15) is 0 Å².